The molecule has 0 spiro atoms. The van der Waals surface area contributed by atoms with Crippen molar-refractivity contribution in [3.05, 3.63) is 35.6 Å². The third-order valence-electron chi connectivity index (χ3n) is 3.75. The second kappa shape index (κ2) is 4.75. The van der Waals surface area contributed by atoms with Crippen molar-refractivity contribution in [1.29, 1.82) is 0 Å². The molecule has 17 heavy (non-hydrogen) atoms. The molecule has 0 saturated carbocycles. The predicted molar refractivity (Wildman–Crippen MR) is 66.2 cm³/mol. The summed E-state index contributed by atoms with van der Waals surface area (Å²) in [4.78, 5) is 0. The summed E-state index contributed by atoms with van der Waals surface area (Å²) in [6.45, 7) is 4.28. The van der Waals surface area contributed by atoms with Crippen molar-refractivity contribution in [3.63, 3.8) is 0 Å². The lowest BCUT2D eigenvalue weighted by molar-refractivity contribution is 0.122. The molecule has 0 aromatic heterocycles. The van der Waals surface area contributed by atoms with Crippen LogP contribution in [0.3, 0.4) is 0 Å². The van der Waals surface area contributed by atoms with E-state index in [0.717, 1.165) is 18.4 Å². The quantitative estimate of drug-likeness (QED) is 0.847. The number of halogens is 1. The fourth-order valence-corrected chi connectivity index (χ4v) is 2.46. The molecule has 94 valence electrons. The Morgan fingerprint density at radius 2 is 2.18 bits per heavy atom. The molecule has 1 heterocycles. The van der Waals surface area contributed by atoms with Gasteiger partial charge >= 0.3 is 0 Å². The molecule has 1 aromatic rings. The molecule has 2 rings (SSSR count). The summed E-state index contributed by atoms with van der Waals surface area (Å²) in [5.74, 6) is -0.186. The van der Waals surface area contributed by atoms with Gasteiger partial charge in [0, 0.05) is 24.1 Å². The van der Waals surface area contributed by atoms with Crippen molar-refractivity contribution >= 4 is 0 Å². The average molecular weight is 237 g/mol. The normalized spacial score (nSPS) is 25.2. The van der Waals surface area contributed by atoms with Gasteiger partial charge in [0.15, 0.2) is 0 Å². The molecule has 0 radical (unpaired) electrons. The van der Waals surface area contributed by atoms with Gasteiger partial charge in [-0.05, 0) is 30.5 Å². The summed E-state index contributed by atoms with van der Waals surface area (Å²) in [7, 11) is 0. The van der Waals surface area contributed by atoms with E-state index in [-0.39, 0.29) is 23.9 Å². The molecule has 1 fully saturated rings. The molecule has 2 nitrogen and oxygen atoms in total. The molecule has 1 aromatic carbocycles. The number of aliphatic hydroxyl groups excluding tert-OH is 1. The average Bonchev–Trinajstić information content (AvgIpc) is 2.79. The zero-order chi connectivity index (χ0) is 12.5. The Bertz CT molecular complexity index is 392. The third-order valence-corrected chi connectivity index (χ3v) is 3.75. The second-order valence-electron chi connectivity index (χ2n) is 5.55. The number of aliphatic hydroxyl groups is 1. The lowest BCUT2D eigenvalue weighted by Crippen LogP contribution is -2.40. The minimum atomic E-state index is -0.186. The first-order valence-electron chi connectivity index (χ1n) is 6.15. The number of rotatable bonds is 3. The van der Waals surface area contributed by atoms with Gasteiger partial charge < -0.3 is 10.4 Å². The molecule has 2 unspecified atom stereocenters. The Morgan fingerprint density at radius 1 is 1.41 bits per heavy atom. The van der Waals surface area contributed by atoms with E-state index in [0.29, 0.717) is 6.04 Å². The Hall–Kier alpha value is -0.930. The van der Waals surface area contributed by atoms with Crippen molar-refractivity contribution < 1.29 is 9.50 Å². The number of nitrogens with one attached hydrogen (secondary N) is 1. The number of hydrogen-bond donors (Lipinski definition) is 2. The fraction of sp³-hybridized carbons (Fsp3) is 0.571. The summed E-state index contributed by atoms with van der Waals surface area (Å²) in [5.41, 5.74) is 0.878. The van der Waals surface area contributed by atoms with Gasteiger partial charge in [-0.15, -0.1) is 0 Å². The highest BCUT2D eigenvalue weighted by Crippen LogP contribution is 2.34. The van der Waals surface area contributed by atoms with Crippen LogP contribution < -0.4 is 5.32 Å². The molecular weight excluding hydrogens is 217 g/mol. The summed E-state index contributed by atoms with van der Waals surface area (Å²) < 4.78 is 13.2. The molecular formula is C14H20FNO. The molecule has 2 N–H and O–H groups in total. The highest BCUT2D eigenvalue weighted by atomic mass is 19.1. The van der Waals surface area contributed by atoms with Crippen molar-refractivity contribution in [2.24, 2.45) is 5.41 Å². The van der Waals surface area contributed by atoms with Crippen LogP contribution in [0.1, 0.15) is 38.3 Å². The van der Waals surface area contributed by atoms with Crippen LogP contribution >= 0.6 is 0 Å². The van der Waals surface area contributed by atoms with E-state index in [9.17, 15) is 9.50 Å². The number of benzene rings is 1. The molecule has 3 heteroatoms. The highest BCUT2D eigenvalue weighted by Gasteiger charge is 2.35. The summed E-state index contributed by atoms with van der Waals surface area (Å²) in [6.07, 6.45) is 2.02. The van der Waals surface area contributed by atoms with E-state index >= 15 is 0 Å². The summed E-state index contributed by atoms with van der Waals surface area (Å²) in [6, 6.07) is 7.26. The highest BCUT2D eigenvalue weighted by molar-refractivity contribution is 5.21. The number of hydrogen-bond acceptors (Lipinski definition) is 2. The predicted octanol–water partition coefficient (Wildman–Crippen LogP) is 2.64. The first-order chi connectivity index (χ1) is 8.03. The minimum absolute atomic E-state index is 0.123. The van der Waals surface area contributed by atoms with Gasteiger partial charge in [-0.2, -0.15) is 0 Å². The van der Waals surface area contributed by atoms with Gasteiger partial charge in [0.2, 0.25) is 0 Å². The van der Waals surface area contributed by atoms with E-state index in [1.54, 1.807) is 12.1 Å². The Kier molecular flexibility index (Phi) is 3.50. The van der Waals surface area contributed by atoms with Gasteiger partial charge in [-0.1, -0.05) is 26.0 Å². The maximum absolute atomic E-state index is 13.2. The zero-order valence-electron chi connectivity index (χ0n) is 10.4. The second-order valence-corrected chi connectivity index (χ2v) is 5.55. The smallest absolute Gasteiger partial charge is 0.123 e. The lowest BCUT2D eigenvalue weighted by atomic mass is 9.84. The van der Waals surface area contributed by atoms with Gasteiger partial charge in [0.1, 0.15) is 5.82 Å². The van der Waals surface area contributed by atoms with Crippen LogP contribution in [0.25, 0.3) is 0 Å². The van der Waals surface area contributed by atoms with E-state index in [1.807, 2.05) is 6.07 Å². The zero-order valence-corrected chi connectivity index (χ0v) is 10.4. The van der Waals surface area contributed by atoms with Crippen molar-refractivity contribution in [3.8, 4) is 0 Å². The first-order valence-corrected chi connectivity index (χ1v) is 6.15. The standard InChI is InChI=1S/C14H20FNO/c1-14(2,9-17)13-7-6-12(16-13)10-4-3-5-11(15)8-10/h3-5,8,12-13,16-17H,6-7,9H2,1-2H3. The SMILES string of the molecule is CC(C)(CO)C1CCC(c2cccc(F)c2)N1. The molecule has 1 saturated heterocycles. The van der Waals surface area contributed by atoms with Crippen LogP contribution in [0, 0.1) is 11.2 Å². The molecule has 0 aliphatic carbocycles. The van der Waals surface area contributed by atoms with Gasteiger partial charge in [0.25, 0.3) is 0 Å². The summed E-state index contributed by atoms with van der Waals surface area (Å²) >= 11 is 0. The lowest BCUT2D eigenvalue weighted by Gasteiger charge is -2.30. The van der Waals surface area contributed by atoms with Crippen LogP contribution in [-0.4, -0.2) is 17.8 Å². The van der Waals surface area contributed by atoms with Crippen LogP contribution in [0.5, 0.6) is 0 Å². The monoisotopic (exact) mass is 237 g/mol. The van der Waals surface area contributed by atoms with Crippen molar-refractivity contribution in [1.82, 2.24) is 5.32 Å². The van der Waals surface area contributed by atoms with E-state index in [2.05, 4.69) is 19.2 Å². The molecule has 1 aliphatic rings. The third kappa shape index (κ3) is 2.67. The first kappa shape index (κ1) is 12.5. The van der Waals surface area contributed by atoms with Crippen LogP contribution in [-0.2, 0) is 0 Å². The Labute approximate surface area is 102 Å². The molecule has 1 aliphatic heterocycles. The Balaban J connectivity index is 2.08. The maximum atomic E-state index is 13.2. The largest absolute Gasteiger partial charge is 0.396 e. The van der Waals surface area contributed by atoms with Crippen molar-refractivity contribution in [2.45, 2.75) is 38.8 Å². The van der Waals surface area contributed by atoms with E-state index < -0.39 is 0 Å². The molecule has 2 atom stereocenters. The molecule has 0 amide bonds. The van der Waals surface area contributed by atoms with E-state index in [1.165, 1.54) is 6.07 Å². The van der Waals surface area contributed by atoms with Crippen LogP contribution in [0.2, 0.25) is 0 Å². The van der Waals surface area contributed by atoms with Crippen LogP contribution in [0.4, 0.5) is 4.39 Å². The van der Waals surface area contributed by atoms with Crippen LogP contribution in [0.15, 0.2) is 24.3 Å². The van der Waals surface area contributed by atoms with Gasteiger partial charge in [-0.25, -0.2) is 4.39 Å². The van der Waals surface area contributed by atoms with Crippen molar-refractivity contribution in [2.75, 3.05) is 6.61 Å². The topological polar surface area (TPSA) is 32.3 Å². The van der Waals surface area contributed by atoms with Gasteiger partial charge in [-0.3, -0.25) is 0 Å². The fourth-order valence-electron chi connectivity index (χ4n) is 2.46. The molecule has 0 bridgehead atoms. The van der Waals surface area contributed by atoms with Gasteiger partial charge in [0.05, 0.1) is 0 Å². The minimum Gasteiger partial charge on any atom is -0.396 e. The maximum Gasteiger partial charge on any atom is 0.123 e. The summed E-state index contributed by atoms with van der Waals surface area (Å²) in [5, 5.41) is 12.9. The van der Waals surface area contributed by atoms with E-state index in [4.69, 9.17) is 0 Å². The Morgan fingerprint density at radius 3 is 2.82 bits per heavy atom.